The predicted molar refractivity (Wildman–Crippen MR) is 58.7 cm³/mol. The highest BCUT2D eigenvalue weighted by Gasteiger charge is 2.29. The Hall–Kier alpha value is -0.860. The van der Waals surface area contributed by atoms with E-state index in [9.17, 15) is 0 Å². The van der Waals surface area contributed by atoms with Gasteiger partial charge < -0.3 is 4.57 Å². The van der Waals surface area contributed by atoms with Gasteiger partial charge in [-0.2, -0.15) is 0 Å². The standard InChI is InChI=1S/C12H19N3/c1-2-4-6-10(5-3-1)12-14-13-9-15(12)11-7-8-11/h9-11H,1-8H2. The molecule has 2 aliphatic rings. The molecule has 0 amide bonds. The molecule has 82 valence electrons. The third-order valence-corrected chi connectivity index (χ3v) is 3.76. The topological polar surface area (TPSA) is 30.7 Å². The van der Waals surface area contributed by atoms with E-state index in [0.29, 0.717) is 5.92 Å². The molecule has 3 heteroatoms. The van der Waals surface area contributed by atoms with Gasteiger partial charge in [0, 0.05) is 12.0 Å². The van der Waals surface area contributed by atoms with Gasteiger partial charge in [-0.05, 0) is 25.7 Å². The SMILES string of the molecule is c1nnc(C2CCCCCC2)n1C1CC1. The van der Waals surface area contributed by atoms with Gasteiger partial charge in [0.25, 0.3) is 0 Å². The van der Waals surface area contributed by atoms with Crippen molar-refractivity contribution in [2.24, 2.45) is 0 Å². The van der Waals surface area contributed by atoms with Crippen molar-refractivity contribution in [1.82, 2.24) is 14.8 Å². The third-order valence-electron chi connectivity index (χ3n) is 3.76. The molecule has 2 fully saturated rings. The summed E-state index contributed by atoms with van der Waals surface area (Å²) in [6, 6.07) is 0.734. The number of hydrogen-bond acceptors (Lipinski definition) is 2. The summed E-state index contributed by atoms with van der Waals surface area (Å²) in [5.74, 6) is 1.97. The summed E-state index contributed by atoms with van der Waals surface area (Å²) in [5.41, 5.74) is 0. The van der Waals surface area contributed by atoms with Crippen LogP contribution in [0.2, 0.25) is 0 Å². The molecule has 0 aliphatic heterocycles. The molecule has 15 heavy (non-hydrogen) atoms. The van der Waals surface area contributed by atoms with Crippen LogP contribution in [0.1, 0.15) is 69.2 Å². The molecule has 2 saturated carbocycles. The van der Waals surface area contributed by atoms with Crippen molar-refractivity contribution in [3.8, 4) is 0 Å². The van der Waals surface area contributed by atoms with Crippen molar-refractivity contribution in [1.29, 1.82) is 0 Å². The van der Waals surface area contributed by atoms with Gasteiger partial charge in [-0.25, -0.2) is 0 Å². The van der Waals surface area contributed by atoms with Gasteiger partial charge in [0.15, 0.2) is 0 Å². The second-order valence-corrected chi connectivity index (χ2v) is 5.02. The maximum atomic E-state index is 4.36. The van der Waals surface area contributed by atoms with Crippen LogP contribution in [0.5, 0.6) is 0 Å². The normalized spacial score (nSPS) is 24.0. The first kappa shape index (κ1) is 9.37. The fraction of sp³-hybridized carbons (Fsp3) is 0.833. The Kier molecular flexibility index (Phi) is 2.47. The molecule has 0 aromatic carbocycles. The molecule has 3 nitrogen and oxygen atoms in total. The molecule has 0 radical (unpaired) electrons. The zero-order chi connectivity index (χ0) is 10.1. The van der Waals surface area contributed by atoms with Crippen molar-refractivity contribution >= 4 is 0 Å². The molecular weight excluding hydrogens is 186 g/mol. The number of rotatable bonds is 2. The largest absolute Gasteiger partial charge is 0.314 e. The van der Waals surface area contributed by atoms with E-state index in [-0.39, 0.29) is 0 Å². The molecule has 0 N–H and O–H groups in total. The molecule has 0 saturated heterocycles. The fourth-order valence-electron chi connectivity index (χ4n) is 2.72. The second kappa shape index (κ2) is 3.95. The summed E-state index contributed by atoms with van der Waals surface area (Å²) < 4.78 is 2.34. The summed E-state index contributed by atoms with van der Waals surface area (Å²) >= 11 is 0. The minimum Gasteiger partial charge on any atom is -0.314 e. The van der Waals surface area contributed by atoms with E-state index in [1.165, 1.54) is 57.2 Å². The molecule has 3 rings (SSSR count). The van der Waals surface area contributed by atoms with E-state index in [2.05, 4.69) is 14.8 Å². The summed E-state index contributed by atoms with van der Waals surface area (Å²) in [5, 5.41) is 8.46. The Morgan fingerprint density at radius 2 is 1.73 bits per heavy atom. The number of aromatic nitrogens is 3. The molecule has 0 unspecified atom stereocenters. The summed E-state index contributed by atoms with van der Waals surface area (Å²) in [7, 11) is 0. The zero-order valence-corrected chi connectivity index (χ0v) is 9.23. The number of nitrogens with zero attached hydrogens (tertiary/aromatic N) is 3. The smallest absolute Gasteiger partial charge is 0.136 e. The minimum absolute atomic E-state index is 0.690. The second-order valence-electron chi connectivity index (χ2n) is 5.02. The summed E-state index contributed by atoms with van der Waals surface area (Å²) in [4.78, 5) is 0. The van der Waals surface area contributed by atoms with Crippen molar-refractivity contribution in [2.75, 3.05) is 0 Å². The van der Waals surface area contributed by atoms with Crippen LogP contribution in [0, 0.1) is 0 Å². The van der Waals surface area contributed by atoms with Crippen LogP contribution in [0.25, 0.3) is 0 Å². The van der Waals surface area contributed by atoms with E-state index >= 15 is 0 Å². The minimum atomic E-state index is 0.690. The van der Waals surface area contributed by atoms with Crippen LogP contribution < -0.4 is 0 Å². The van der Waals surface area contributed by atoms with Crippen molar-refractivity contribution in [3.05, 3.63) is 12.2 Å². The predicted octanol–water partition coefficient (Wildman–Crippen LogP) is 3.05. The highest BCUT2D eigenvalue weighted by Crippen LogP contribution is 2.39. The number of hydrogen-bond donors (Lipinski definition) is 0. The highest BCUT2D eigenvalue weighted by atomic mass is 15.3. The van der Waals surface area contributed by atoms with E-state index in [1.54, 1.807) is 0 Å². The Labute approximate surface area is 90.9 Å². The van der Waals surface area contributed by atoms with Gasteiger partial charge in [0.05, 0.1) is 0 Å². The average molecular weight is 205 g/mol. The lowest BCUT2D eigenvalue weighted by Gasteiger charge is -2.14. The molecule has 2 aliphatic carbocycles. The first-order chi connectivity index (χ1) is 7.45. The van der Waals surface area contributed by atoms with Crippen molar-refractivity contribution in [2.45, 2.75) is 63.3 Å². The van der Waals surface area contributed by atoms with Crippen LogP contribution in [0.15, 0.2) is 6.33 Å². The summed E-state index contributed by atoms with van der Waals surface area (Å²) in [6.45, 7) is 0. The Balaban J connectivity index is 1.80. The summed E-state index contributed by atoms with van der Waals surface area (Å²) in [6.07, 6.45) is 12.8. The molecule has 0 bridgehead atoms. The van der Waals surface area contributed by atoms with Gasteiger partial charge in [-0.1, -0.05) is 25.7 Å². The van der Waals surface area contributed by atoms with E-state index in [1.807, 2.05) is 6.33 Å². The van der Waals surface area contributed by atoms with Crippen LogP contribution >= 0.6 is 0 Å². The lowest BCUT2D eigenvalue weighted by atomic mass is 9.99. The Morgan fingerprint density at radius 3 is 2.40 bits per heavy atom. The van der Waals surface area contributed by atoms with Gasteiger partial charge in [0.1, 0.15) is 12.2 Å². The van der Waals surface area contributed by atoms with Gasteiger partial charge >= 0.3 is 0 Å². The van der Waals surface area contributed by atoms with Crippen molar-refractivity contribution < 1.29 is 0 Å². The van der Waals surface area contributed by atoms with Crippen LogP contribution in [-0.2, 0) is 0 Å². The van der Waals surface area contributed by atoms with E-state index in [4.69, 9.17) is 0 Å². The third kappa shape index (κ3) is 1.92. The molecule has 0 spiro atoms. The first-order valence-electron chi connectivity index (χ1n) is 6.34. The molecule has 0 atom stereocenters. The van der Waals surface area contributed by atoms with Gasteiger partial charge in [-0.3, -0.25) is 0 Å². The lowest BCUT2D eigenvalue weighted by Crippen LogP contribution is -2.07. The van der Waals surface area contributed by atoms with Crippen LogP contribution in [-0.4, -0.2) is 14.8 Å². The highest BCUT2D eigenvalue weighted by molar-refractivity contribution is 5.02. The van der Waals surface area contributed by atoms with Crippen LogP contribution in [0.3, 0.4) is 0 Å². The van der Waals surface area contributed by atoms with Crippen molar-refractivity contribution in [3.63, 3.8) is 0 Å². The molecule has 1 heterocycles. The molecule has 1 aromatic heterocycles. The quantitative estimate of drug-likeness (QED) is 0.695. The van der Waals surface area contributed by atoms with E-state index < -0.39 is 0 Å². The van der Waals surface area contributed by atoms with E-state index in [0.717, 1.165) is 6.04 Å². The maximum Gasteiger partial charge on any atom is 0.136 e. The van der Waals surface area contributed by atoms with Gasteiger partial charge in [-0.15, -0.1) is 10.2 Å². The fourth-order valence-corrected chi connectivity index (χ4v) is 2.72. The molecular formula is C12H19N3. The zero-order valence-electron chi connectivity index (χ0n) is 9.23. The Morgan fingerprint density at radius 1 is 1.00 bits per heavy atom. The van der Waals surface area contributed by atoms with Gasteiger partial charge in [0.2, 0.25) is 0 Å². The lowest BCUT2D eigenvalue weighted by molar-refractivity contribution is 0.523. The average Bonchev–Trinajstić information content (AvgIpc) is 3.04. The molecule has 1 aromatic rings. The van der Waals surface area contributed by atoms with Crippen LogP contribution in [0.4, 0.5) is 0 Å². The Bertz CT molecular complexity index is 319. The first-order valence-corrected chi connectivity index (χ1v) is 6.34. The maximum absolute atomic E-state index is 4.36. The monoisotopic (exact) mass is 205 g/mol.